The highest BCUT2D eigenvalue weighted by molar-refractivity contribution is 7.94. The first kappa shape index (κ1) is 16.9. The lowest BCUT2D eigenvalue weighted by Gasteiger charge is -2.08. The van der Waals surface area contributed by atoms with Crippen molar-refractivity contribution in [2.24, 2.45) is 4.99 Å². The van der Waals surface area contributed by atoms with Crippen molar-refractivity contribution in [3.63, 3.8) is 0 Å². The molecule has 1 rings (SSSR count). The van der Waals surface area contributed by atoms with E-state index in [1.165, 1.54) is 25.1 Å². The van der Waals surface area contributed by atoms with Crippen LogP contribution in [0.4, 0.5) is 0 Å². The number of sulfone groups is 1. The molecule has 0 saturated heterocycles. The summed E-state index contributed by atoms with van der Waals surface area (Å²) in [5.41, 5.74) is 0.920. The molecule has 0 heterocycles. The Labute approximate surface area is 124 Å². The Morgan fingerprint density at radius 1 is 1.38 bits per heavy atom. The van der Waals surface area contributed by atoms with Gasteiger partial charge in [0, 0.05) is 6.26 Å². The van der Waals surface area contributed by atoms with Gasteiger partial charge in [-0.1, -0.05) is 17.7 Å². The molecule has 0 unspecified atom stereocenters. The smallest absolute Gasteiger partial charge is 0.260 e. The molecule has 0 radical (unpaired) electrons. The van der Waals surface area contributed by atoms with Crippen LogP contribution in [0, 0.1) is 6.92 Å². The average Bonchev–Trinajstić information content (AvgIpc) is 2.37. The molecule has 0 aliphatic rings. The minimum Gasteiger partial charge on any atom is -0.507 e. The number of aliphatic imine (C=N–C) groups is 1. The van der Waals surface area contributed by atoms with Crippen LogP contribution in [0.15, 0.2) is 34.3 Å². The first-order valence-corrected chi connectivity index (χ1v) is 8.07. The summed E-state index contributed by atoms with van der Waals surface area (Å²) >= 11 is 0. The molecule has 21 heavy (non-hydrogen) atoms. The summed E-state index contributed by atoms with van der Waals surface area (Å²) in [7, 11) is -3.45. The third-order valence-corrected chi connectivity index (χ3v) is 3.68. The molecule has 2 N–H and O–H groups in total. The van der Waals surface area contributed by atoms with Gasteiger partial charge in [-0.25, -0.2) is 13.4 Å². The fourth-order valence-electron chi connectivity index (χ4n) is 1.62. The lowest BCUT2D eigenvalue weighted by Crippen LogP contribution is -2.28. The Hall–Kier alpha value is -2.15. The molecule has 7 heteroatoms. The van der Waals surface area contributed by atoms with Gasteiger partial charge < -0.3 is 10.4 Å². The van der Waals surface area contributed by atoms with E-state index in [4.69, 9.17) is 0 Å². The predicted octanol–water partition coefficient (Wildman–Crippen LogP) is 1.75. The molecule has 0 aliphatic carbocycles. The summed E-state index contributed by atoms with van der Waals surface area (Å²) in [5.74, 6) is -0.582. The van der Waals surface area contributed by atoms with Crippen molar-refractivity contribution in [2.75, 3.05) is 6.26 Å². The van der Waals surface area contributed by atoms with E-state index in [1.807, 2.05) is 0 Å². The minimum atomic E-state index is -3.45. The fraction of sp³-hybridized carbons (Fsp3) is 0.286. The molecule has 1 amide bonds. The zero-order chi connectivity index (χ0) is 16.2. The van der Waals surface area contributed by atoms with Crippen LogP contribution in [-0.4, -0.2) is 31.5 Å². The van der Waals surface area contributed by atoms with Crippen molar-refractivity contribution in [1.29, 1.82) is 0 Å². The van der Waals surface area contributed by atoms with Crippen molar-refractivity contribution >= 4 is 21.6 Å². The number of benzene rings is 1. The third-order valence-electron chi connectivity index (χ3n) is 2.60. The van der Waals surface area contributed by atoms with E-state index in [9.17, 15) is 18.3 Å². The van der Waals surface area contributed by atoms with Gasteiger partial charge in [-0.3, -0.25) is 4.79 Å². The molecule has 0 aromatic heterocycles. The quantitative estimate of drug-likeness (QED) is 0.656. The predicted molar refractivity (Wildman–Crippen MR) is 82.0 cm³/mol. The second-order valence-corrected chi connectivity index (χ2v) is 6.53. The molecule has 0 aliphatic heterocycles. The highest BCUT2D eigenvalue weighted by Crippen LogP contribution is 2.18. The Kier molecular flexibility index (Phi) is 5.26. The zero-order valence-electron chi connectivity index (χ0n) is 12.3. The van der Waals surface area contributed by atoms with Crippen molar-refractivity contribution in [2.45, 2.75) is 20.8 Å². The first-order chi connectivity index (χ1) is 9.65. The molecule has 0 bridgehead atoms. The summed E-state index contributed by atoms with van der Waals surface area (Å²) in [6, 6.07) is 4.63. The number of hydrogen-bond donors (Lipinski definition) is 2. The Morgan fingerprint density at radius 2 is 2.00 bits per heavy atom. The van der Waals surface area contributed by atoms with E-state index in [0.29, 0.717) is 0 Å². The number of carbonyl (C=O) groups is 1. The van der Waals surface area contributed by atoms with Crippen LogP contribution >= 0.6 is 0 Å². The largest absolute Gasteiger partial charge is 0.507 e. The number of amidine groups is 1. The van der Waals surface area contributed by atoms with Gasteiger partial charge in [-0.05, 0) is 32.9 Å². The van der Waals surface area contributed by atoms with E-state index >= 15 is 0 Å². The van der Waals surface area contributed by atoms with Gasteiger partial charge in [-0.2, -0.15) is 0 Å². The number of phenols is 1. The number of amides is 1. The summed E-state index contributed by atoms with van der Waals surface area (Å²) < 4.78 is 22.8. The number of carbonyl (C=O) groups excluding carboxylic acids is 1. The van der Waals surface area contributed by atoms with E-state index < -0.39 is 15.7 Å². The van der Waals surface area contributed by atoms with Gasteiger partial charge in [0.15, 0.2) is 14.9 Å². The van der Waals surface area contributed by atoms with Gasteiger partial charge in [0.05, 0.1) is 5.56 Å². The number of nitrogens with zero attached hydrogens (tertiary/aromatic N) is 1. The van der Waals surface area contributed by atoms with Crippen LogP contribution in [0.1, 0.15) is 29.8 Å². The van der Waals surface area contributed by atoms with Crippen LogP contribution < -0.4 is 5.32 Å². The Morgan fingerprint density at radius 3 is 2.52 bits per heavy atom. The van der Waals surface area contributed by atoms with E-state index in [1.54, 1.807) is 19.9 Å². The van der Waals surface area contributed by atoms with Crippen molar-refractivity contribution in [3.05, 3.63) is 40.4 Å². The standard InChI is InChI=1S/C14H18N2O4S/c1-5-13(21(4,19)20)15-10(3)16-14(18)11-8-9(2)6-7-12(11)17/h5-8,17H,1-4H3,(H,15,16,18)/b13-5+. The molecular formula is C14H18N2O4S. The van der Waals surface area contributed by atoms with Crippen LogP contribution in [0.2, 0.25) is 0 Å². The maximum Gasteiger partial charge on any atom is 0.260 e. The summed E-state index contributed by atoms with van der Waals surface area (Å²) in [5, 5.41) is 12.0. The number of nitrogens with one attached hydrogen (secondary N) is 1. The normalized spacial score (nSPS) is 13.1. The minimum absolute atomic E-state index is 0.103. The van der Waals surface area contributed by atoms with E-state index in [-0.39, 0.29) is 22.2 Å². The fourth-order valence-corrected chi connectivity index (χ4v) is 2.35. The monoisotopic (exact) mass is 310 g/mol. The van der Waals surface area contributed by atoms with Gasteiger partial charge in [0.2, 0.25) is 0 Å². The molecule has 0 spiro atoms. The van der Waals surface area contributed by atoms with Crippen molar-refractivity contribution < 1.29 is 18.3 Å². The lowest BCUT2D eigenvalue weighted by molar-refractivity contribution is 0.0974. The van der Waals surface area contributed by atoms with Gasteiger partial charge in [-0.15, -0.1) is 0 Å². The van der Waals surface area contributed by atoms with Crippen molar-refractivity contribution in [3.8, 4) is 5.75 Å². The molecule has 0 atom stereocenters. The number of rotatable bonds is 3. The number of allylic oxidation sites excluding steroid dienone is 1. The maximum atomic E-state index is 12.0. The Balaban J connectivity index is 3.00. The molecule has 6 nitrogen and oxygen atoms in total. The number of aromatic hydroxyl groups is 1. The van der Waals surface area contributed by atoms with Crippen LogP contribution in [-0.2, 0) is 9.84 Å². The second kappa shape index (κ2) is 6.53. The maximum absolute atomic E-state index is 12.0. The first-order valence-electron chi connectivity index (χ1n) is 6.17. The van der Waals surface area contributed by atoms with E-state index in [2.05, 4.69) is 10.3 Å². The van der Waals surface area contributed by atoms with Crippen LogP contribution in [0.25, 0.3) is 0 Å². The zero-order valence-corrected chi connectivity index (χ0v) is 13.2. The summed E-state index contributed by atoms with van der Waals surface area (Å²) in [6.07, 6.45) is 2.38. The van der Waals surface area contributed by atoms with Crippen molar-refractivity contribution in [1.82, 2.24) is 5.32 Å². The molecule has 1 aromatic rings. The van der Waals surface area contributed by atoms with Gasteiger partial charge in [0.1, 0.15) is 11.6 Å². The SMILES string of the molecule is C/C=C(\N=C(C)NC(=O)c1cc(C)ccc1O)S(C)(=O)=O. The van der Waals surface area contributed by atoms with Crippen LogP contribution in [0.3, 0.4) is 0 Å². The van der Waals surface area contributed by atoms with Gasteiger partial charge in [0.25, 0.3) is 5.91 Å². The average molecular weight is 310 g/mol. The van der Waals surface area contributed by atoms with E-state index in [0.717, 1.165) is 11.8 Å². The second-order valence-electron chi connectivity index (χ2n) is 4.57. The molecule has 0 fully saturated rings. The number of hydrogen-bond acceptors (Lipinski definition) is 5. The lowest BCUT2D eigenvalue weighted by atomic mass is 10.1. The molecule has 114 valence electrons. The summed E-state index contributed by atoms with van der Waals surface area (Å²) in [6.45, 7) is 4.81. The molecule has 1 aromatic carbocycles. The third kappa shape index (κ3) is 4.71. The summed E-state index contributed by atoms with van der Waals surface area (Å²) in [4.78, 5) is 15.9. The highest BCUT2D eigenvalue weighted by atomic mass is 32.2. The Bertz CT molecular complexity index is 718. The number of phenolic OH excluding ortho intramolecular Hbond substituents is 1. The topological polar surface area (TPSA) is 95.8 Å². The number of aryl methyl sites for hydroxylation is 1. The highest BCUT2D eigenvalue weighted by Gasteiger charge is 2.14. The van der Waals surface area contributed by atoms with Crippen LogP contribution in [0.5, 0.6) is 5.75 Å². The van der Waals surface area contributed by atoms with Gasteiger partial charge >= 0.3 is 0 Å². The molecule has 0 saturated carbocycles. The molecular weight excluding hydrogens is 292 g/mol.